The highest BCUT2D eigenvalue weighted by Crippen LogP contribution is 2.28. The third-order valence-corrected chi connectivity index (χ3v) is 5.87. The second kappa shape index (κ2) is 8.98. The van der Waals surface area contributed by atoms with Gasteiger partial charge in [0.15, 0.2) is 9.84 Å². The number of carbonyl (C=O) groups is 1. The van der Waals surface area contributed by atoms with E-state index in [0.717, 1.165) is 11.9 Å². The van der Waals surface area contributed by atoms with Crippen molar-refractivity contribution in [3.8, 4) is 0 Å². The Morgan fingerprint density at radius 1 is 1.29 bits per heavy atom. The van der Waals surface area contributed by atoms with Gasteiger partial charge in [0.2, 0.25) is 5.91 Å². The second-order valence-electron chi connectivity index (χ2n) is 7.87. The first kappa shape index (κ1) is 24.7. The number of halogens is 2. The van der Waals surface area contributed by atoms with E-state index in [1.165, 1.54) is 6.26 Å². The van der Waals surface area contributed by atoms with E-state index in [0.29, 0.717) is 24.4 Å². The van der Waals surface area contributed by atoms with E-state index in [4.69, 9.17) is 5.73 Å². The van der Waals surface area contributed by atoms with Crippen LogP contribution in [0, 0.1) is 5.41 Å². The molecule has 1 aromatic carbocycles. The van der Waals surface area contributed by atoms with E-state index >= 15 is 0 Å². The number of carbonyl (C=O) groups excluding carboxylic acids is 1. The Labute approximate surface area is 178 Å². The van der Waals surface area contributed by atoms with E-state index in [9.17, 15) is 13.2 Å². The van der Waals surface area contributed by atoms with E-state index in [1.54, 1.807) is 4.57 Å². The van der Waals surface area contributed by atoms with Crippen LogP contribution in [0.3, 0.4) is 0 Å². The number of rotatable bonds is 4. The summed E-state index contributed by atoms with van der Waals surface area (Å²) in [5.74, 6) is 0.170. The van der Waals surface area contributed by atoms with Crippen LogP contribution in [0.15, 0.2) is 24.3 Å². The Morgan fingerprint density at radius 2 is 1.93 bits per heavy atom. The molecule has 7 nitrogen and oxygen atoms in total. The number of aromatic nitrogens is 2. The number of imidazole rings is 1. The lowest BCUT2D eigenvalue weighted by atomic mass is 9.79. The van der Waals surface area contributed by atoms with Crippen LogP contribution in [0.2, 0.25) is 0 Å². The van der Waals surface area contributed by atoms with Crippen LogP contribution in [0.5, 0.6) is 0 Å². The maximum Gasteiger partial charge on any atom is 0.242 e. The first-order valence-electron chi connectivity index (χ1n) is 8.72. The number of sulfone groups is 1. The number of benzene rings is 1. The van der Waals surface area contributed by atoms with Gasteiger partial charge in [0.1, 0.15) is 18.1 Å². The van der Waals surface area contributed by atoms with Crippen molar-refractivity contribution in [2.24, 2.45) is 11.1 Å². The highest BCUT2D eigenvalue weighted by molar-refractivity contribution is 7.89. The zero-order valence-corrected chi connectivity index (χ0v) is 18.7. The van der Waals surface area contributed by atoms with Crippen LogP contribution in [0.4, 0.5) is 0 Å². The molecule has 1 aliphatic heterocycles. The van der Waals surface area contributed by atoms with Crippen LogP contribution >= 0.6 is 24.8 Å². The molecule has 0 radical (unpaired) electrons. The largest absolute Gasteiger partial charge is 0.340 e. The molecule has 2 N–H and O–H groups in total. The molecule has 1 aromatic heterocycles. The predicted octanol–water partition coefficient (Wildman–Crippen LogP) is 2.01. The van der Waals surface area contributed by atoms with Crippen molar-refractivity contribution >= 4 is 51.6 Å². The van der Waals surface area contributed by atoms with Crippen molar-refractivity contribution in [2.75, 3.05) is 19.3 Å². The molecule has 10 heteroatoms. The van der Waals surface area contributed by atoms with E-state index in [1.807, 2.05) is 29.2 Å². The summed E-state index contributed by atoms with van der Waals surface area (Å²) in [7, 11) is -3.26. The highest BCUT2D eigenvalue weighted by Gasteiger charge is 2.35. The van der Waals surface area contributed by atoms with Crippen molar-refractivity contribution < 1.29 is 13.2 Å². The Bertz CT molecular complexity index is 943. The van der Waals surface area contributed by atoms with Crippen LogP contribution in [-0.2, 0) is 26.9 Å². The fraction of sp³-hybridized carbons (Fsp3) is 0.556. The van der Waals surface area contributed by atoms with Gasteiger partial charge in [-0.15, -0.1) is 24.8 Å². The third kappa shape index (κ3) is 5.37. The Morgan fingerprint density at radius 3 is 2.54 bits per heavy atom. The van der Waals surface area contributed by atoms with Crippen LogP contribution in [-0.4, -0.2) is 54.2 Å². The van der Waals surface area contributed by atoms with Gasteiger partial charge in [-0.25, -0.2) is 13.4 Å². The number of nitrogens with zero attached hydrogens (tertiary/aromatic N) is 3. The average Bonchev–Trinajstić information content (AvgIpc) is 2.85. The van der Waals surface area contributed by atoms with Gasteiger partial charge in [0.05, 0.1) is 11.0 Å². The maximum atomic E-state index is 12.9. The minimum absolute atomic E-state index is 0. The Hall–Kier alpha value is -1.35. The lowest BCUT2D eigenvalue weighted by Gasteiger charge is -2.42. The van der Waals surface area contributed by atoms with E-state index in [-0.39, 0.29) is 54.5 Å². The van der Waals surface area contributed by atoms with Gasteiger partial charge in [-0.05, 0) is 24.0 Å². The molecular weight excluding hydrogens is 423 g/mol. The summed E-state index contributed by atoms with van der Waals surface area (Å²) in [5.41, 5.74) is 7.49. The summed E-state index contributed by atoms with van der Waals surface area (Å²) in [6.07, 6.45) is 1.94. The third-order valence-electron chi connectivity index (χ3n) is 5.08. The van der Waals surface area contributed by atoms with Crippen LogP contribution < -0.4 is 5.73 Å². The number of nitrogens with two attached hydrogens (primary N) is 1. The summed E-state index contributed by atoms with van der Waals surface area (Å²) in [4.78, 5) is 19.2. The molecule has 1 atom stereocenters. The topological polar surface area (TPSA) is 98.3 Å². The molecular formula is C18H28Cl2N4O3S. The minimum atomic E-state index is -3.26. The maximum absolute atomic E-state index is 12.9. The molecule has 1 saturated heterocycles. The molecule has 2 heterocycles. The lowest BCUT2D eigenvalue weighted by molar-refractivity contribution is -0.135. The number of fused-ring (bicyclic) bond motifs is 1. The summed E-state index contributed by atoms with van der Waals surface area (Å²) in [6.45, 7) is 5.44. The molecule has 1 aliphatic rings. The van der Waals surface area contributed by atoms with Crippen molar-refractivity contribution in [1.29, 1.82) is 0 Å². The first-order valence-corrected chi connectivity index (χ1v) is 10.8. The molecule has 28 heavy (non-hydrogen) atoms. The zero-order valence-electron chi connectivity index (χ0n) is 16.3. The fourth-order valence-corrected chi connectivity index (χ4v) is 4.16. The first-order chi connectivity index (χ1) is 12.1. The minimum Gasteiger partial charge on any atom is -0.340 e. The number of para-hydroxylation sites is 2. The molecule has 2 aromatic rings. The van der Waals surface area contributed by atoms with Gasteiger partial charge in [0, 0.05) is 25.4 Å². The molecule has 1 fully saturated rings. The van der Waals surface area contributed by atoms with Crippen molar-refractivity contribution in [1.82, 2.24) is 14.5 Å². The monoisotopic (exact) mass is 450 g/mol. The van der Waals surface area contributed by atoms with Crippen LogP contribution in [0.1, 0.15) is 26.1 Å². The summed E-state index contributed by atoms with van der Waals surface area (Å²) < 4.78 is 25.3. The molecule has 0 spiro atoms. The number of hydrogen-bond acceptors (Lipinski definition) is 5. The molecule has 3 rings (SSSR count). The standard InChI is InChI=1S/C18H26N4O3S.2ClH/c1-18(2)12-21(9-8-15(18)19)17(23)10-22-14-7-5-4-6-13(14)20-16(22)11-26(3,24)25;;/h4-7,15H,8-12,19H2,1-3H3;2*1H. The normalized spacial score (nSPS) is 19.0. The van der Waals surface area contributed by atoms with Gasteiger partial charge >= 0.3 is 0 Å². The summed E-state index contributed by atoms with van der Waals surface area (Å²) in [6, 6.07) is 7.46. The van der Waals surface area contributed by atoms with Gasteiger partial charge in [-0.1, -0.05) is 26.0 Å². The smallest absolute Gasteiger partial charge is 0.242 e. The molecule has 0 aliphatic carbocycles. The van der Waals surface area contributed by atoms with Crippen LogP contribution in [0.25, 0.3) is 11.0 Å². The van der Waals surface area contributed by atoms with Gasteiger partial charge in [-0.3, -0.25) is 4.79 Å². The molecule has 1 amide bonds. The van der Waals surface area contributed by atoms with E-state index < -0.39 is 9.84 Å². The predicted molar refractivity (Wildman–Crippen MR) is 116 cm³/mol. The second-order valence-corrected chi connectivity index (χ2v) is 10.0. The number of piperidine rings is 1. The zero-order chi connectivity index (χ0) is 19.1. The van der Waals surface area contributed by atoms with Crippen molar-refractivity contribution in [2.45, 2.75) is 38.6 Å². The van der Waals surface area contributed by atoms with Gasteiger partial charge < -0.3 is 15.2 Å². The van der Waals surface area contributed by atoms with E-state index in [2.05, 4.69) is 18.8 Å². The molecule has 1 unspecified atom stereocenters. The average molecular weight is 451 g/mol. The van der Waals surface area contributed by atoms with Crippen molar-refractivity contribution in [3.05, 3.63) is 30.1 Å². The van der Waals surface area contributed by atoms with Gasteiger partial charge in [0.25, 0.3) is 0 Å². The molecule has 0 saturated carbocycles. The highest BCUT2D eigenvalue weighted by atomic mass is 35.5. The number of hydrogen-bond donors (Lipinski definition) is 1. The molecule has 0 bridgehead atoms. The number of amides is 1. The summed E-state index contributed by atoms with van der Waals surface area (Å²) >= 11 is 0. The molecule has 158 valence electrons. The summed E-state index contributed by atoms with van der Waals surface area (Å²) in [5, 5.41) is 0. The van der Waals surface area contributed by atoms with Gasteiger partial charge in [-0.2, -0.15) is 0 Å². The lowest BCUT2D eigenvalue weighted by Crippen LogP contribution is -2.54. The quantitative estimate of drug-likeness (QED) is 0.767. The van der Waals surface area contributed by atoms with Crippen molar-refractivity contribution in [3.63, 3.8) is 0 Å². The SMILES string of the molecule is CC1(C)CN(C(=O)Cn2c(CS(C)(=O)=O)nc3ccccc32)CCC1N.Cl.Cl. The Balaban J connectivity index is 0.00000196. The Kier molecular flexibility index (Phi) is 7.92. The number of likely N-dealkylation sites (tertiary alicyclic amines) is 1. The fourth-order valence-electron chi connectivity index (χ4n) is 3.47.